The molecule has 0 bridgehead atoms. The summed E-state index contributed by atoms with van der Waals surface area (Å²) in [5, 5.41) is 17.3. The van der Waals surface area contributed by atoms with Gasteiger partial charge in [0, 0.05) is 26.1 Å². The molecule has 7 nitrogen and oxygen atoms in total. The first-order valence-electron chi connectivity index (χ1n) is 6.84. The van der Waals surface area contributed by atoms with E-state index >= 15 is 0 Å². The normalized spacial score (nSPS) is 10.6. The zero-order valence-corrected chi connectivity index (χ0v) is 12.2. The fourth-order valence-electron chi connectivity index (χ4n) is 1.85. The van der Waals surface area contributed by atoms with E-state index in [4.69, 9.17) is 10.2 Å². The molecule has 0 rings (SSSR count). The standard InChI is InChI=1S/C13H24N2O5/c1-3-15(4-2)11(16)10-14(9-7-13(19)20)8-5-6-12(17)18/h3-10H2,1-2H3,(H,17,18)(H,19,20). The Bertz CT molecular complexity index is 329. The van der Waals surface area contributed by atoms with Gasteiger partial charge in [0.2, 0.25) is 5.91 Å². The van der Waals surface area contributed by atoms with Crippen LogP contribution in [-0.4, -0.2) is 70.6 Å². The van der Waals surface area contributed by atoms with E-state index in [-0.39, 0.29) is 31.8 Å². The van der Waals surface area contributed by atoms with Crippen LogP contribution in [0.1, 0.15) is 33.1 Å². The van der Waals surface area contributed by atoms with Gasteiger partial charge in [-0.25, -0.2) is 0 Å². The van der Waals surface area contributed by atoms with Gasteiger partial charge in [-0.15, -0.1) is 0 Å². The minimum atomic E-state index is -0.927. The number of likely N-dealkylation sites (N-methyl/N-ethyl adjacent to an activating group) is 1. The SMILES string of the molecule is CCN(CC)C(=O)CN(CCCC(=O)O)CCC(=O)O. The molecule has 0 radical (unpaired) electrons. The molecule has 0 fully saturated rings. The summed E-state index contributed by atoms with van der Waals surface area (Å²) < 4.78 is 0. The van der Waals surface area contributed by atoms with Gasteiger partial charge in [0.15, 0.2) is 0 Å². The van der Waals surface area contributed by atoms with Crippen LogP contribution in [0.5, 0.6) is 0 Å². The molecular formula is C13H24N2O5. The highest BCUT2D eigenvalue weighted by molar-refractivity contribution is 5.78. The van der Waals surface area contributed by atoms with E-state index in [9.17, 15) is 14.4 Å². The molecule has 0 aromatic heterocycles. The summed E-state index contributed by atoms with van der Waals surface area (Å²) in [5.74, 6) is -1.88. The van der Waals surface area contributed by atoms with Gasteiger partial charge in [-0.1, -0.05) is 0 Å². The molecule has 0 saturated heterocycles. The molecule has 1 amide bonds. The minimum absolute atomic E-state index is 0.0169. The molecule has 2 N–H and O–H groups in total. The number of carbonyl (C=O) groups excluding carboxylic acids is 1. The van der Waals surface area contributed by atoms with Gasteiger partial charge in [0.05, 0.1) is 13.0 Å². The van der Waals surface area contributed by atoms with E-state index in [0.717, 1.165) is 0 Å². The number of carboxylic acids is 2. The summed E-state index contributed by atoms with van der Waals surface area (Å²) in [6.07, 6.45) is 0.363. The van der Waals surface area contributed by atoms with E-state index in [0.29, 0.717) is 26.1 Å². The van der Waals surface area contributed by atoms with Crippen molar-refractivity contribution in [2.45, 2.75) is 33.1 Å². The number of carboxylic acid groups (broad SMARTS) is 2. The Labute approximate surface area is 119 Å². The third kappa shape index (κ3) is 8.47. The summed E-state index contributed by atoms with van der Waals surface area (Å²) in [7, 11) is 0. The Morgan fingerprint density at radius 1 is 0.900 bits per heavy atom. The Morgan fingerprint density at radius 2 is 1.45 bits per heavy atom. The van der Waals surface area contributed by atoms with Crippen LogP contribution in [0.15, 0.2) is 0 Å². The molecule has 0 aromatic rings. The van der Waals surface area contributed by atoms with Gasteiger partial charge in [0.25, 0.3) is 0 Å². The zero-order valence-electron chi connectivity index (χ0n) is 12.2. The lowest BCUT2D eigenvalue weighted by molar-refractivity contribution is -0.139. The Balaban J connectivity index is 4.38. The maximum absolute atomic E-state index is 12.0. The number of aliphatic carboxylic acids is 2. The molecule has 0 aromatic carbocycles. The molecule has 7 heteroatoms. The van der Waals surface area contributed by atoms with Crippen molar-refractivity contribution in [3.63, 3.8) is 0 Å². The zero-order chi connectivity index (χ0) is 15.5. The van der Waals surface area contributed by atoms with Crippen molar-refractivity contribution in [2.24, 2.45) is 0 Å². The van der Waals surface area contributed by atoms with Crippen molar-refractivity contribution >= 4 is 17.8 Å². The third-order valence-corrected chi connectivity index (χ3v) is 2.98. The summed E-state index contributed by atoms with van der Waals surface area (Å²) in [4.78, 5) is 36.4. The molecule has 116 valence electrons. The first-order valence-corrected chi connectivity index (χ1v) is 6.84. The Hall–Kier alpha value is -1.63. The Morgan fingerprint density at radius 3 is 1.90 bits per heavy atom. The molecule has 0 aliphatic heterocycles. The monoisotopic (exact) mass is 288 g/mol. The number of nitrogens with zero attached hydrogens (tertiary/aromatic N) is 2. The van der Waals surface area contributed by atoms with Crippen LogP contribution in [-0.2, 0) is 14.4 Å². The lowest BCUT2D eigenvalue weighted by atomic mass is 10.2. The topological polar surface area (TPSA) is 98.2 Å². The Kier molecular flexibility index (Phi) is 9.36. The van der Waals surface area contributed by atoms with Gasteiger partial charge in [-0.2, -0.15) is 0 Å². The van der Waals surface area contributed by atoms with Gasteiger partial charge in [0.1, 0.15) is 0 Å². The van der Waals surface area contributed by atoms with Crippen LogP contribution in [0.25, 0.3) is 0 Å². The highest BCUT2D eigenvalue weighted by Crippen LogP contribution is 2.00. The van der Waals surface area contributed by atoms with Gasteiger partial charge in [-0.3, -0.25) is 19.3 Å². The van der Waals surface area contributed by atoms with E-state index < -0.39 is 11.9 Å². The highest BCUT2D eigenvalue weighted by atomic mass is 16.4. The van der Waals surface area contributed by atoms with Crippen LogP contribution in [0.4, 0.5) is 0 Å². The first-order chi connectivity index (χ1) is 9.40. The van der Waals surface area contributed by atoms with Crippen LogP contribution in [0.3, 0.4) is 0 Å². The van der Waals surface area contributed by atoms with Gasteiger partial charge >= 0.3 is 11.9 Å². The third-order valence-electron chi connectivity index (χ3n) is 2.98. The molecule has 0 atom stereocenters. The number of rotatable bonds is 11. The van der Waals surface area contributed by atoms with Crippen molar-refractivity contribution < 1.29 is 24.6 Å². The number of carbonyl (C=O) groups is 3. The predicted molar refractivity (Wildman–Crippen MR) is 73.5 cm³/mol. The van der Waals surface area contributed by atoms with Crippen molar-refractivity contribution in [3.05, 3.63) is 0 Å². The number of hydrogen-bond acceptors (Lipinski definition) is 4. The van der Waals surface area contributed by atoms with Crippen molar-refractivity contribution in [3.8, 4) is 0 Å². The number of hydrogen-bond donors (Lipinski definition) is 2. The maximum Gasteiger partial charge on any atom is 0.304 e. The van der Waals surface area contributed by atoms with E-state index in [1.54, 1.807) is 9.80 Å². The number of amides is 1. The quantitative estimate of drug-likeness (QED) is 0.574. The molecule has 0 saturated carbocycles. The molecule has 20 heavy (non-hydrogen) atoms. The molecule has 0 aliphatic rings. The molecule has 0 aliphatic carbocycles. The minimum Gasteiger partial charge on any atom is -0.481 e. The second-order valence-corrected chi connectivity index (χ2v) is 4.48. The summed E-state index contributed by atoms with van der Waals surface area (Å²) in [5.41, 5.74) is 0. The molecule has 0 unspecified atom stereocenters. The smallest absolute Gasteiger partial charge is 0.304 e. The lowest BCUT2D eigenvalue weighted by Crippen LogP contribution is -2.41. The maximum atomic E-state index is 12.0. The van der Waals surface area contributed by atoms with Crippen LogP contribution in [0, 0.1) is 0 Å². The first kappa shape index (κ1) is 18.4. The van der Waals surface area contributed by atoms with E-state index in [1.165, 1.54) is 0 Å². The average Bonchev–Trinajstić information content (AvgIpc) is 2.36. The second kappa shape index (κ2) is 10.2. The summed E-state index contributed by atoms with van der Waals surface area (Å²) >= 11 is 0. The fourth-order valence-corrected chi connectivity index (χ4v) is 1.85. The summed E-state index contributed by atoms with van der Waals surface area (Å²) in [6.45, 7) is 5.78. The largest absolute Gasteiger partial charge is 0.481 e. The van der Waals surface area contributed by atoms with Gasteiger partial charge < -0.3 is 15.1 Å². The second-order valence-electron chi connectivity index (χ2n) is 4.48. The van der Waals surface area contributed by atoms with Crippen LogP contribution in [0.2, 0.25) is 0 Å². The van der Waals surface area contributed by atoms with Crippen molar-refractivity contribution in [2.75, 3.05) is 32.7 Å². The molecular weight excluding hydrogens is 264 g/mol. The molecule has 0 spiro atoms. The van der Waals surface area contributed by atoms with Crippen LogP contribution < -0.4 is 0 Å². The average molecular weight is 288 g/mol. The van der Waals surface area contributed by atoms with Crippen molar-refractivity contribution in [1.82, 2.24) is 9.80 Å². The van der Waals surface area contributed by atoms with Gasteiger partial charge in [-0.05, 0) is 26.8 Å². The lowest BCUT2D eigenvalue weighted by Gasteiger charge is -2.25. The highest BCUT2D eigenvalue weighted by Gasteiger charge is 2.16. The molecule has 0 heterocycles. The van der Waals surface area contributed by atoms with E-state index in [1.807, 2.05) is 13.8 Å². The van der Waals surface area contributed by atoms with Crippen molar-refractivity contribution in [1.29, 1.82) is 0 Å². The van der Waals surface area contributed by atoms with Crippen LogP contribution >= 0.6 is 0 Å². The fraction of sp³-hybridized carbons (Fsp3) is 0.769. The predicted octanol–water partition coefficient (Wildman–Crippen LogP) is 0.496. The summed E-state index contributed by atoms with van der Waals surface area (Å²) in [6, 6.07) is 0. The van der Waals surface area contributed by atoms with E-state index in [2.05, 4.69) is 0 Å².